The third-order valence-corrected chi connectivity index (χ3v) is 10.0. The van der Waals surface area contributed by atoms with E-state index < -0.39 is 58.0 Å². The Balaban J connectivity index is 1.66. The van der Waals surface area contributed by atoms with Crippen LogP contribution in [0.3, 0.4) is 0 Å². The van der Waals surface area contributed by atoms with Gasteiger partial charge in [0.2, 0.25) is 5.78 Å². The minimum atomic E-state index is -2.65. The van der Waals surface area contributed by atoms with E-state index in [0.29, 0.717) is 31.2 Å². The van der Waals surface area contributed by atoms with E-state index in [1.54, 1.807) is 20.2 Å². The van der Waals surface area contributed by atoms with Crippen LogP contribution in [-0.4, -0.2) is 87.7 Å². The molecule has 234 valence electrons. The Labute approximate surface area is 252 Å². The Kier molecular flexibility index (Phi) is 8.36. The van der Waals surface area contributed by atoms with Gasteiger partial charge in [-0.2, -0.15) is 0 Å². The summed E-state index contributed by atoms with van der Waals surface area (Å²) >= 11 is 0. The van der Waals surface area contributed by atoms with Gasteiger partial charge in [0.15, 0.2) is 11.4 Å². The minimum absolute atomic E-state index is 0.0643. The molecule has 0 saturated heterocycles. The molecule has 7 N–H and O–H groups in total. The van der Waals surface area contributed by atoms with Crippen molar-refractivity contribution in [2.45, 2.75) is 83.0 Å². The van der Waals surface area contributed by atoms with Gasteiger partial charge in [0.25, 0.3) is 5.91 Å². The molecule has 1 aromatic carbocycles. The number of carbonyl (C=O) groups is 3. The van der Waals surface area contributed by atoms with Crippen molar-refractivity contribution in [1.29, 1.82) is 0 Å². The number of benzene rings is 1. The van der Waals surface area contributed by atoms with Gasteiger partial charge in [-0.05, 0) is 76.7 Å². The summed E-state index contributed by atoms with van der Waals surface area (Å²) in [6, 6.07) is 0.913. The van der Waals surface area contributed by atoms with Crippen LogP contribution >= 0.6 is 0 Å². The second-order valence-electron chi connectivity index (χ2n) is 12.6. The number of carbonyl (C=O) groups excluding carboxylic acids is 3. The van der Waals surface area contributed by atoms with Crippen molar-refractivity contribution in [3.63, 3.8) is 0 Å². The lowest BCUT2D eigenvalue weighted by molar-refractivity contribution is -0.153. The summed E-state index contributed by atoms with van der Waals surface area (Å²) in [5, 5.41) is 49.5. The first-order valence-corrected chi connectivity index (χ1v) is 15.4. The van der Waals surface area contributed by atoms with Crippen molar-refractivity contribution in [3.8, 4) is 5.75 Å². The molecule has 11 heteroatoms. The maximum atomic E-state index is 14.1. The minimum Gasteiger partial charge on any atom is -0.508 e. The standard InChI is InChI=1S/C32H44N4O7/c1-5-36(6-2)25-17(15-34-18-10-8-7-9-11-18)14-21(37)23-19(25)12-16-13-20-26(35(3)4)28(39)24(31(33)42)30(41)32(20,43)29(40)22(16)27(23)38/h14,16,18,20,26,34,37-38,41,43H,5-13,15H2,1-4H3,(H2,33,42)/t16-,20-,26-,32-/m0/s1. The van der Waals surface area contributed by atoms with E-state index in [0.717, 1.165) is 24.1 Å². The molecule has 2 fully saturated rings. The van der Waals surface area contributed by atoms with Gasteiger partial charge in [0.05, 0.1) is 11.6 Å². The molecule has 0 aromatic heterocycles. The second kappa shape index (κ2) is 11.6. The number of hydrogen-bond acceptors (Lipinski definition) is 10. The number of amides is 1. The van der Waals surface area contributed by atoms with Gasteiger partial charge < -0.3 is 36.4 Å². The van der Waals surface area contributed by atoms with Crippen LogP contribution in [0.1, 0.15) is 69.1 Å². The lowest BCUT2D eigenvalue weighted by Gasteiger charge is -2.50. The molecule has 0 aliphatic heterocycles. The zero-order valence-corrected chi connectivity index (χ0v) is 25.4. The molecule has 0 bridgehead atoms. The number of nitrogens with two attached hydrogens (primary N) is 1. The highest BCUT2D eigenvalue weighted by molar-refractivity contribution is 6.24. The number of aromatic hydroxyl groups is 1. The van der Waals surface area contributed by atoms with Gasteiger partial charge in [-0.1, -0.05) is 19.3 Å². The fourth-order valence-electron chi connectivity index (χ4n) is 8.00. The summed E-state index contributed by atoms with van der Waals surface area (Å²) in [6.07, 6.45) is 6.14. The zero-order chi connectivity index (χ0) is 31.4. The predicted molar refractivity (Wildman–Crippen MR) is 162 cm³/mol. The van der Waals surface area contributed by atoms with Gasteiger partial charge in [0.1, 0.15) is 22.8 Å². The SMILES string of the molecule is CCN(CC)c1c(CNC2CCCCC2)cc(O)c2c1C[C@H]1C[C@H]3[C@H](N(C)C)C(=O)C(C(N)=O)=C(O)[C@@]3(O)C(=O)C1=C2O. The van der Waals surface area contributed by atoms with Crippen LogP contribution in [0.5, 0.6) is 5.75 Å². The molecular formula is C32H44N4O7. The molecule has 43 heavy (non-hydrogen) atoms. The third kappa shape index (κ3) is 4.81. The number of nitrogens with one attached hydrogen (secondary N) is 1. The molecule has 2 saturated carbocycles. The average molecular weight is 597 g/mol. The first-order valence-electron chi connectivity index (χ1n) is 15.4. The van der Waals surface area contributed by atoms with Crippen molar-refractivity contribution in [2.24, 2.45) is 17.6 Å². The Bertz CT molecular complexity index is 1410. The van der Waals surface area contributed by atoms with Crippen molar-refractivity contribution < 1.29 is 34.8 Å². The van der Waals surface area contributed by atoms with E-state index in [1.165, 1.54) is 24.2 Å². The maximum Gasteiger partial charge on any atom is 0.255 e. The van der Waals surface area contributed by atoms with Crippen LogP contribution in [0, 0.1) is 11.8 Å². The number of anilines is 1. The monoisotopic (exact) mass is 596 g/mol. The number of aliphatic hydroxyl groups is 3. The predicted octanol–water partition coefficient (Wildman–Crippen LogP) is 2.23. The fraction of sp³-hybridized carbons (Fsp3) is 0.594. The number of Topliss-reactive ketones (excluding diaryl/α,β-unsaturated/α-hetero) is 2. The topological polar surface area (TPSA) is 177 Å². The Morgan fingerprint density at radius 1 is 1.09 bits per heavy atom. The maximum absolute atomic E-state index is 14.1. The van der Waals surface area contributed by atoms with Crippen LogP contribution in [0.25, 0.3) is 5.76 Å². The quantitative estimate of drug-likeness (QED) is 0.244. The van der Waals surface area contributed by atoms with Crippen LogP contribution in [0.15, 0.2) is 23.0 Å². The summed E-state index contributed by atoms with van der Waals surface area (Å²) in [5.41, 5.74) is 4.43. The van der Waals surface area contributed by atoms with Gasteiger partial charge in [-0.15, -0.1) is 0 Å². The summed E-state index contributed by atoms with van der Waals surface area (Å²) in [4.78, 5) is 43.4. The van der Waals surface area contributed by atoms with Gasteiger partial charge >= 0.3 is 0 Å². The Morgan fingerprint density at radius 3 is 2.33 bits per heavy atom. The number of phenols is 1. The normalized spacial score (nSPS) is 27.7. The highest BCUT2D eigenvalue weighted by Crippen LogP contribution is 2.54. The number of fused-ring (bicyclic) bond motifs is 3. The summed E-state index contributed by atoms with van der Waals surface area (Å²) in [5.74, 6) is -6.46. The van der Waals surface area contributed by atoms with Crippen LogP contribution in [0.4, 0.5) is 5.69 Å². The molecule has 0 radical (unpaired) electrons. The highest BCUT2D eigenvalue weighted by Gasteiger charge is 2.64. The van der Waals surface area contributed by atoms with Crippen LogP contribution in [0.2, 0.25) is 0 Å². The molecule has 4 aliphatic carbocycles. The number of rotatable bonds is 8. The summed E-state index contributed by atoms with van der Waals surface area (Å²) in [6.45, 7) is 5.97. The zero-order valence-electron chi connectivity index (χ0n) is 25.4. The molecule has 0 spiro atoms. The summed E-state index contributed by atoms with van der Waals surface area (Å²) < 4.78 is 0. The molecule has 1 amide bonds. The molecular weight excluding hydrogens is 552 g/mol. The lowest BCUT2D eigenvalue weighted by Crippen LogP contribution is -2.65. The lowest BCUT2D eigenvalue weighted by atomic mass is 9.57. The smallest absolute Gasteiger partial charge is 0.255 e. The molecule has 4 atom stereocenters. The van der Waals surface area contributed by atoms with Crippen LogP contribution in [-0.2, 0) is 27.3 Å². The largest absolute Gasteiger partial charge is 0.508 e. The van der Waals surface area contributed by atoms with E-state index in [9.17, 15) is 34.8 Å². The Hall–Kier alpha value is -3.41. The van der Waals surface area contributed by atoms with E-state index in [2.05, 4.69) is 10.2 Å². The molecule has 1 aromatic rings. The molecule has 11 nitrogen and oxygen atoms in total. The Morgan fingerprint density at radius 2 is 1.74 bits per heavy atom. The first-order chi connectivity index (χ1) is 20.4. The van der Waals surface area contributed by atoms with E-state index >= 15 is 0 Å². The number of hydrogen-bond donors (Lipinski definition) is 6. The number of aliphatic hydroxyl groups excluding tert-OH is 2. The van der Waals surface area contributed by atoms with Gasteiger partial charge in [-0.3, -0.25) is 19.3 Å². The molecule has 0 unspecified atom stereocenters. The van der Waals surface area contributed by atoms with E-state index in [4.69, 9.17) is 5.73 Å². The van der Waals surface area contributed by atoms with Crippen molar-refractivity contribution >= 4 is 28.9 Å². The van der Waals surface area contributed by atoms with Crippen molar-refractivity contribution in [1.82, 2.24) is 10.2 Å². The third-order valence-electron chi connectivity index (χ3n) is 10.0. The summed E-state index contributed by atoms with van der Waals surface area (Å²) in [7, 11) is 3.19. The molecule has 4 aliphatic rings. The van der Waals surface area contributed by atoms with E-state index in [1.807, 2.05) is 13.8 Å². The fourth-order valence-corrected chi connectivity index (χ4v) is 8.00. The van der Waals surface area contributed by atoms with Gasteiger partial charge in [-0.25, -0.2) is 0 Å². The first kappa shape index (κ1) is 31.0. The second-order valence-corrected chi connectivity index (χ2v) is 12.6. The number of ketones is 2. The molecule has 5 rings (SSSR count). The number of likely N-dealkylation sites (N-methyl/N-ethyl adjacent to an activating group) is 1. The number of primary amides is 1. The van der Waals surface area contributed by atoms with Gasteiger partial charge in [0, 0.05) is 42.9 Å². The van der Waals surface area contributed by atoms with Crippen molar-refractivity contribution in [2.75, 3.05) is 32.1 Å². The highest BCUT2D eigenvalue weighted by atomic mass is 16.3. The van der Waals surface area contributed by atoms with E-state index in [-0.39, 0.29) is 29.7 Å². The number of nitrogens with zero attached hydrogens (tertiary/aromatic N) is 2. The van der Waals surface area contributed by atoms with Crippen molar-refractivity contribution in [3.05, 3.63) is 39.7 Å². The molecule has 0 heterocycles. The number of phenolic OH excluding ortho intramolecular Hbond substituents is 1. The van der Waals surface area contributed by atoms with Crippen LogP contribution < -0.4 is 16.0 Å². The average Bonchev–Trinajstić information content (AvgIpc) is 2.95.